The summed E-state index contributed by atoms with van der Waals surface area (Å²) in [4.78, 5) is 11.7. The molecule has 1 aliphatic rings. The fourth-order valence-corrected chi connectivity index (χ4v) is 3.39. The maximum atomic E-state index is 11.7. The van der Waals surface area contributed by atoms with Crippen molar-refractivity contribution in [3.8, 4) is 6.07 Å². The molecule has 1 saturated heterocycles. The van der Waals surface area contributed by atoms with Gasteiger partial charge in [-0.15, -0.1) is 0 Å². The first-order valence-corrected chi connectivity index (χ1v) is 8.57. The summed E-state index contributed by atoms with van der Waals surface area (Å²) in [6.07, 6.45) is 1.86. The fourth-order valence-electron chi connectivity index (χ4n) is 3.39. The van der Waals surface area contributed by atoms with Crippen molar-refractivity contribution in [1.29, 1.82) is 5.26 Å². The van der Waals surface area contributed by atoms with Gasteiger partial charge in [-0.3, -0.25) is 4.79 Å². The molecular weight excluding hydrogens is 312 g/mol. The molecule has 0 radical (unpaired) electrons. The Kier molecular flexibility index (Phi) is 5.16. The van der Waals surface area contributed by atoms with E-state index in [0.717, 1.165) is 31.7 Å². The number of benzene rings is 2. The number of hydrogen-bond donors (Lipinski definition) is 1. The summed E-state index contributed by atoms with van der Waals surface area (Å²) in [7, 11) is 0. The molecule has 0 amide bonds. The van der Waals surface area contributed by atoms with Crippen LogP contribution in [0.2, 0.25) is 0 Å². The first-order chi connectivity index (χ1) is 12.1. The van der Waals surface area contributed by atoms with E-state index in [0.29, 0.717) is 17.7 Å². The first kappa shape index (κ1) is 17.2. The minimum absolute atomic E-state index is 0.00335. The SMILES string of the molecule is CC(=O)c1ccc(C#N)c(NCC2(c3ccccc3)CCOCC2)c1. The lowest BCUT2D eigenvalue weighted by Gasteiger charge is -2.38. The lowest BCUT2D eigenvalue weighted by molar-refractivity contribution is 0.0544. The number of ether oxygens (including phenoxy) is 1. The molecule has 0 bridgehead atoms. The van der Waals surface area contributed by atoms with Crippen molar-refractivity contribution in [3.05, 3.63) is 65.2 Å². The molecule has 0 aliphatic carbocycles. The third-order valence-electron chi connectivity index (χ3n) is 5.00. The van der Waals surface area contributed by atoms with Gasteiger partial charge in [0.25, 0.3) is 0 Å². The Balaban J connectivity index is 1.88. The number of anilines is 1. The van der Waals surface area contributed by atoms with E-state index in [4.69, 9.17) is 4.74 Å². The molecule has 2 aromatic rings. The molecule has 1 fully saturated rings. The Hall–Kier alpha value is -2.64. The average Bonchev–Trinajstić information content (AvgIpc) is 2.67. The highest BCUT2D eigenvalue weighted by Gasteiger charge is 2.34. The number of nitrogens with one attached hydrogen (secondary N) is 1. The molecule has 1 N–H and O–H groups in total. The predicted octanol–water partition coefficient (Wildman–Crippen LogP) is 3.92. The van der Waals surface area contributed by atoms with Crippen molar-refractivity contribution in [2.24, 2.45) is 0 Å². The Morgan fingerprint density at radius 1 is 1.20 bits per heavy atom. The molecule has 0 atom stereocenters. The lowest BCUT2D eigenvalue weighted by Crippen LogP contribution is -2.40. The van der Waals surface area contributed by atoms with E-state index in [-0.39, 0.29) is 11.2 Å². The second-order valence-corrected chi connectivity index (χ2v) is 6.54. The van der Waals surface area contributed by atoms with Crippen molar-refractivity contribution in [2.75, 3.05) is 25.1 Å². The number of nitriles is 1. The van der Waals surface area contributed by atoms with Gasteiger partial charge in [-0.2, -0.15) is 5.26 Å². The van der Waals surface area contributed by atoms with E-state index in [2.05, 4.69) is 35.7 Å². The molecule has 128 valence electrons. The standard InChI is InChI=1S/C21H22N2O2/c1-16(24)17-7-8-18(14-22)20(13-17)23-15-21(9-11-25-12-10-21)19-5-3-2-4-6-19/h2-8,13,23H,9-12,15H2,1H3. The van der Waals surface area contributed by atoms with Gasteiger partial charge in [-0.1, -0.05) is 30.3 Å². The minimum atomic E-state index is -0.0293. The summed E-state index contributed by atoms with van der Waals surface area (Å²) in [5, 5.41) is 12.8. The Bertz CT molecular complexity index is 787. The van der Waals surface area contributed by atoms with Gasteiger partial charge in [0.05, 0.1) is 11.3 Å². The topological polar surface area (TPSA) is 62.1 Å². The predicted molar refractivity (Wildman–Crippen MR) is 97.8 cm³/mol. The molecule has 0 saturated carbocycles. The van der Waals surface area contributed by atoms with Gasteiger partial charge < -0.3 is 10.1 Å². The fraction of sp³-hybridized carbons (Fsp3) is 0.333. The number of carbonyl (C=O) groups excluding carboxylic acids is 1. The zero-order chi connectivity index (χ0) is 17.7. The van der Waals surface area contributed by atoms with Gasteiger partial charge >= 0.3 is 0 Å². The van der Waals surface area contributed by atoms with E-state index in [1.807, 2.05) is 6.07 Å². The monoisotopic (exact) mass is 334 g/mol. The molecule has 1 aliphatic heterocycles. The second-order valence-electron chi connectivity index (χ2n) is 6.54. The third kappa shape index (κ3) is 3.72. The van der Waals surface area contributed by atoms with E-state index < -0.39 is 0 Å². The van der Waals surface area contributed by atoms with Crippen molar-refractivity contribution >= 4 is 11.5 Å². The molecule has 25 heavy (non-hydrogen) atoms. The molecule has 4 heteroatoms. The van der Waals surface area contributed by atoms with Crippen molar-refractivity contribution in [1.82, 2.24) is 0 Å². The molecule has 3 rings (SSSR count). The maximum Gasteiger partial charge on any atom is 0.159 e. The lowest BCUT2D eigenvalue weighted by atomic mass is 9.74. The molecule has 1 heterocycles. The normalized spacial score (nSPS) is 16.0. The summed E-state index contributed by atoms with van der Waals surface area (Å²) in [5.74, 6) is -0.00335. The van der Waals surface area contributed by atoms with Crippen LogP contribution in [0, 0.1) is 11.3 Å². The number of carbonyl (C=O) groups is 1. The minimum Gasteiger partial charge on any atom is -0.383 e. The Labute approximate surface area is 148 Å². The highest BCUT2D eigenvalue weighted by molar-refractivity contribution is 5.95. The van der Waals surface area contributed by atoms with Crippen LogP contribution < -0.4 is 5.32 Å². The molecule has 2 aromatic carbocycles. The van der Waals surface area contributed by atoms with E-state index in [1.165, 1.54) is 12.5 Å². The second kappa shape index (κ2) is 7.50. The van der Waals surface area contributed by atoms with Crippen LogP contribution in [0.15, 0.2) is 48.5 Å². The molecule has 0 unspecified atom stereocenters. The first-order valence-electron chi connectivity index (χ1n) is 8.57. The number of nitrogens with zero attached hydrogens (tertiary/aromatic N) is 1. The Morgan fingerprint density at radius 3 is 2.56 bits per heavy atom. The zero-order valence-electron chi connectivity index (χ0n) is 14.4. The summed E-state index contributed by atoms with van der Waals surface area (Å²) in [6.45, 7) is 3.70. The molecule has 4 nitrogen and oxygen atoms in total. The molecule has 0 spiro atoms. The summed E-state index contributed by atoms with van der Waals surface area (Å²) < 4.78 is 5.57. The van der Waals surface area contributed by atoms with E-state index in [9.17, 15) is 10.1 Å². The summed E-state index contributed by atoms with van der Waals surface area (Å²) in [6, 6.07) is 17.8. The van der Waals surface area contributed by atoms with Crippen LogP contribution in [0.4, 0.5) is 5.69 Å². The highest BCUT2D eigenvalue weighted by atomic mass is 16.5. The van der Waals surface area contributed by atoms with Crippen LogP contribution in [0.25, 0.3) is 0 Å². The Morgan fingerprint density at radius 2 is 1.92 bits per heavy atom. The van der Waals surface area contributed by atoms with Crippen molar-refractivity contribution < 1.29 is 9.53 Å². The van der Waals surface area contributed by atoms with Crippen molar-refractivity contribution in [2.45, 2.75) is 25.2 Å². The third-order valence-corrected chi connectivity index (χ3v) is 5.00. The van der Waals surface area contributed by atoms with Gasteiger partial charge in [0.15, 0.2) is 5.78 Å². The average molecular weight is 334 g/mol. The van der Waals surface area contributed by atoms with Gasteiger partial charge in [-0.05, 0) is 43.5 Å². The van der Waals surface area contributed by atoms with Crippen LogP contribution in [0.3, 0.4) is 0 Å². The number of hydrogen-bond acceptors (Lipinski definition) is 4. The number of rotatable bonds is 5. The van der Waals surface area contributed by atoms with Crippen LogP contribution >= 0.6 is 0 Å². The van der Waals surface area contributed by atoms with Crippen LogP contribution in [-0.4, -0.2) is 25.5 Å². The van der Waals surface area contributed by atoms with E-state index in [1.54, 1.807) is 18.2 Å². The molecular formula is C21H22N2O2. The van der Waals surface area contributed by atoms with Crippen LogP contribution in [0.5, 0.6) is 0 Å². The summed E-state index contributed by atoms with van der Waals surface area (Å²) >= 11 is 0. The van der Waals surface area contributed by atoms with Gasteiger partial charge in [-0.25, -0.2) is 0 Å². The number of Topliss-reactive ketones (excluding diaryl/α,β-unsaturated/α-hetero) is 1. The van der Waals surface area contributed by atoms with Gasteiger partial charge in [0.2, 0.25) is 0 Å². The highest BCUT2D eigenvalue weighted by Crippen LogP contribution is 2.35. The van der Waals surface area contributed by atoms with Crippen molar-refractivity contribution in [3.63, 3.8) is 0 Å². The van der Waals surface area contributed by atoms with Gasteiger partial charge in [0, 0.05) is 30.7 Å². The number of ketones is 1. The largest absolute Gasteiger partial charge is 0.383 e. The molecule has 0 aromatic heterocycles. The van der Waals surface area contributed by atoms with Crippen LogP contribution in [0.1, 0.15) is 41.3 Å². The quantitative estimate of drug-likeness (QED) is 0.842. The van der Waals surface area contributed by atoms with E-state index >= 15 is 0 Å². The van der Waals surface area contributed by atoms with Crippen LogP contribution in [-0.2, 0) is 10.2 Å². The zero-order valence-corrected chi connectivity index (χ0v) is 14.4. The van der Waals surface area contributed by atoms with Gasteiger partial charge in [0.1, 0.15) is 6.07 Å². The maximum absolute atomic E-state index is 11.7. The smallest absolute Gasteiger partial charge is 0.159 e. The summed E-state index contributed by atoms with van der Waals surface area (Å²) in [5.41, 5.74) is 3.14.